The summed E-state index contributed by atoms with van der Waals surface area (Å²) in [6, 6.07) is 0. The van der Waals surface area contributed by atoms with Gasteiger partial charge in [-0.15, -0.1) is 0 Å². The average molecular weight is 225 g/mol. The zero-order valence-electron chi connectivity index (χ0n) is 12.0. The molecule has 16 heavy (non-hydrogen) atoms. The highest BCUT2D eigenvalue weighted by atomic mass is 14.8. The fourth-order valence-electron chi connectivity index (χ4n) is 3.38. The molecule has 0 bridgehead atoms. The van der Waals surface area contributed by atoms with Crippen molar-refractivity contribution in [2.45, 2.75) is 60.3 Å². The zero-order valence-corrected chi connectivity index (χ0v) is 12.0. The maximum atomic E-state index is 3.47. The first-order valence-electron chi connectivity index (χ1n) is 7.16. The fraction of sp³-hybridized carbons (Fsp3) is 1.00. The average Bonchev–Trinajstić information content (AvgIpc) is 2.16. The lowest BCUT2D eigenvalue weighted by Crippen LogP contribution is -2.34. The van der Waals surface area contributed by atoms with Crippen LogP contribution in [0.3, 0.4) is 0 Å². The zero-order chi connectivity index (χ0) is 12.2. The lowest BCUT2D eigenvalue weighted by molar-refractivity contribution is 0.0930. The van der Waals surface area contributed by atoms with Gasteiger partial charge in [-0.3, -0.25) is 0 Å². The van der Waals surface area contributed by atoms with Gasteiger partial charge in [-0.1, -0.05) is 34.6 Å². The molecule has 0 aliphatic heterocycles. The van der Waals surface area contributed by atoms with Crippen LogP contribution < -0.4 is 5.32 Å². The van der Waals surface area contributed by atoms with E-state index in [1.807, 2.05) is 0 Å². The molecule has 1 aliphatic rings. The van der Waals surface area contributed by atoms with Crippen LogP contribution in [0.1, 0.15) is 60.3 Å². The monoisotopic (exact) mass is 225 g/mol. The molecule has 0 radical (unpaired) electrons. The van der Waals surface area contributed by atoms with Gasteiger partial charge in [0.2, 0.25) is 0 Å². The number of rotatable bonds is 5. The van der Waals surface area contributed by atoms with Crippen LogP contribution in [-0.2, 0) is 0 Å². The summed E-state index contributed by atoms with van der Waals surface area (Å²) in [4.78, 5) is 0. The van der Waals surface area contributed by atoms with Gasteiger partial charge in [0.25, 0.3) is 0 Å². The topological polar surface area (TPSA) is 12.0 Å². The molecular weight excluding hydrogens is 194 g/mol. The summed E-state index contributed by atoms with van der Waals surface area (Å²) < 4.78 is 0. The second-order valence-corrected chi connectivity index (χ2v) is 6.71. The molecule has 0 aromatic carbocycles. The molecule has 1 fully saturated rings. The lowest BCUT2D eigenvalue weighted by Gasteiger charge is -2.41. The predicted molar refractivity (Wildman–Crippen MR) is 72.6 cm³/mol. The standard InChI is InChI=1S/C15H31N/c1-6-16-8-7-15(4,5)14-10-12(2)9-13(3)11-14/h12-14,16H,6-11H2,1-5H3. The van der Waals surface area contributed by atoms with Gasteiger partial charge in [-0.05, 0) is 61.9 Å². The van der Waals surface area contributed by atoms with Gasteiger partial charge in [0.1, 0.15) is 0 Å². The summed E-state index contributed by atoms with van der Waals surface area (Å²) in [5, 5.41) is 3.47. The quantitative estimate of drug-likeness (QED) is 0.695. The van der Waals surface area contributed by atoms with Gasteiger partial charge in [0.05, 0.1) is 0 Å². The smallest absolute Gasteiger partial charge is 0.00438 e. The third kappa shape index (κ3) is 4.08. The molecule has 1 nitrogen and oxygen atoms in total. The van der Waals surface area contributed by atoms with E-state index in [9.17, 15) is 0 Å². The van der Waals surface area contributed by atoms with Crippen molar-refractivity contribution in [3.8, 4) is 0 Å². The van der Waals surface area contributed by atoms with E-state index in [1.165, 1.54) is 32.2 Å². The van der Waals surface area contributed by atoms with E-state index < -0.39 is 0 Å². The van der Waals surface area contributed by atoms with Gasteiger partial charge in [-0.2, -0.15) is 0 Å². The van der Waals surface area contributed by atoms with Crippen molar-refractivity contribution in [1.29, 1.82) is 0 Å². The fourth-order valence-corrected chi connectivity index (χ4v) is 3.38. The van der Waals surface area contributed by atoms with Crippen molar-refractivity contribution in [3.05, 3.63) is 0 Å². The molecule has 0 aromatic heterocycles. The summed E-state index contributed by atoms with van der Waals surface area (Å²) in [7, 11) is 0. The minimum absolute atomic E-state index is 0.519. The van der Waals surface area contributed by atoms with E-state index in [0.717, 1.165) is 24.3 Å². The van der Waals surface area contributed by atoms with Crippen LogP contribution >= 0.6 is 0 Å². The molecule has 1 aliphatic carbocycles. The minimum atomic E-state index is 0.519. The Morgan fingerprint density at radius 2 is 1.62 bits per heavy atom. The van der Waals surface area contributed by atoms with E-state index >= 15 is 0 Å². The van der Waals surface area contributed by atoms with E-state index in [0.29, 0.717) is 5.41 Å². The first kappa shape index (κ1) is 14.0. The van der Waals surface area contributed by atoms with Gasteiger partial charge in [0.15, 0.2) is 0 Å². The Hall–Kier alpha value is -0.0400. The van der Waals surface area contributed by atoms with Crippen molar-refractivity contribution in [2.24, 2.45) is 23.2 Å². The van der Waals surface area contributed by atoms with Gasteiger partial charge in [-0.25, -0.2) is 0 Å². The maximum absolute atomic E-state index is 3.47. The number of hydrogen-bond acceptors (Lipinski definition) is 1. The SMILES string of the molecule is CCNCCC(C)(C)C1CC(C)CC(C)C1. The van der Waals surface area contributed by atoms with Crippen LogP contribution in [0, 0.1) is 23.2 Å². The normalized spacial score (nSPS) is 31.7. The van der Waals surface area contributed by atoms with Crippen molar-refractivity contribution >= 4 is 0 Å². The molecule has 1 saturated carbocycles. The first-order valence-corrected chi connectivity index (χ1v) is 7.16. The summed E-state index contributed by atoms with van der Waals surface area (Å²) in [5.74, 6) is 2.81. The van der Waals surface area contributed by atoms with Crippen molar-refractivity contribution in [3.63, 3.8) is 0 Å². The molecule has 0 heterocycles. The van der Waals surface area contributed by atoms with Gasteiger partial charge >= 0.3 is 0 Å². The molecule has 0 amide bonds. The van der Waals surface area contributed by atoms with Crippen LogP contribution in [0.5, 0.6) is 0 Å². The summed E-state index contributed by atoms with van der Waals surface area (Å²) >= 11 is 0. The molecule has 1 rings (SSSR count). The van der Waals surface area contributed by atoms with E-state index in [2.05, 4.69) is 39.9 Å². The Morgan fingerprint density at radius 3 is 2.12 bits per heavy atom. The molecule has 96 valence electrons. The second kappa shape index (κ2) is 6.05. The molecule has 0 saturated heterocycles. The molecule has 0 spiro atoms. The minimum Gasteiger partial charge on any atom is -0.317 e. The predicted octanol–water partition coefficient (Wildman–Crippen LogP) is 4.08. The van der Waals surface area contributed by atoms with Crippen LogP contribution in [0.25, 0.3) is 0 Å². The number of nitrogens with one attached hydrogen (secondary N) is 1. The first-order chi connectivity index (χ1) is 7.45. The molecule has 2 unspecified atom stereocenters. The van der Waals surface area contributed by atoms with E-state index in [-0.39, 0.29) is 0 Å². The Labute approximate surface area is 102 Å². The molecule has 1 N–H and O–H groups in total. The summed E-state index contributed by atoms with van der Waals surface area (Å²) in [5.41, 5.74) is 0.519. The Bertz CT molecular complexity index is 188. The third-order valence-corrected chi connectivity index (χ3v) is 4.48. The number of hydrogen-bond donors (Lipinski definition) is 1. The second-order valence-electron chi connectivity index (χ2n) is 6.71. The van der Waals surface area contributed by atoms with Crippen molar-refractivity contribution in [2.75, 3.05) is 13.1 Å². The Balaban J connectivity index is 2.46. The Kier molecular flexibility index (Phi) is 5.30. The maximum Gasteiger partial charge on any atom is -0.00438 e. The third-order valence-electron chi connectivity index (χ3n) is 4.48. The van der Waals surface area contributed by atoms with Gasteiger partial charge in [0, 0.05) is 0 Å². The lowest BCUT2D eigenvalue weighted by atomic mass is 9.64. The Morgan fingerprint density at radius 1 is 1.06 bits per heavy atom. The van der Waals surface area contributed by atoms with Crippen molar-refractivity contribution in [1.82, 2.24) is 5.32 Å². The van der Waals surface area contributed by atoms with Crippen LogP contribution in [0.4, 0.5) is 0 Å². The highest BCUT2D eigenvalue weighted by Gasteiger charge is 2.34. The molecule has 0 aromatic rings. The van der Waals surface area contributed by atoms with Crippen LogP contribution in [0.2, 0.25) is 0 Å². The highest BCUT2D eigenvalue weighted by Crippen LogP contribution is 2.44. The van der Waals surface area contributed by atoms with Crippen molar-refractivity contribution < 1.29 is 0 Å². The summed E-state index contributed by atoms with van der Waals surface area (Å²) in [6.07, 6.45) is 5.66. The highest BCUT2D eigenvalue weighted by molar-refractivity contribution is 4.85. The van der Waals surface area contributed by atoms with E-state index in [4.69, 9.17) is 0 Å². The van der Waals surface area contributed by atoms with Crippen LogP contribution in [-0.4, -0.2) is 13.1 Å². The largest absolute Gasteiger partial charge is 0.317 e. The van der Waals surface area contributed by atoms with Gasteiger partial charge < -0.3 is 5.32 Å². The molecule has 2 atom stereocenters. The van der Waals surface area contributed by atoms with E-state index in [1.54, 1.807) is 0 Å². The molecule has 1 heteroatoms. The molecular formula is C15H31N. The van der Waals surface area contributed by atoms with Crippen LogP contribution in [0.15, 0.2) is 0 Å². The summed E-state index contributed by atoms with van der Waals surface area (Å²) in [6.45, 7) is 14.3.